The van der Waals surface area contributed by atoms with Gasteiger partial charge in [0.15, 0.2) is 0 Å². The van der Waals surface area contributed by atoms with Crippen LogP contribution in [0, 0.1) is 0 Å². The van der Waals surface area contributed by atoms with Crippen LogP contribution in [-0.4, -0.2) is 20.1 Å². The highest BCUT2D eigenvalue weighted by Gasteiger charge is 2.21. The van der Waals surface area contributed by atoms with Crippen LogP contribution in [0.2, 0.25) is 10.0 Å². The highest BCUT2D eigenvalue weighted by atomic mass is 35.5. The van der Waals surface area contributed by atoms with Crippen LogP contribution in [0.5, 0.6) is 0 Å². The molecule has 0 amide bonds. The van der Waals surface area contributed by atoms with E-state index >= 15 is 0 Å². The second-order valence-corrected chi connectivity index (χ2v) is 5.51. The minimum Gasteiger partial charge on any atom is -0.390 e. The van der Waals surface area contributed by atoms with Crippen LogP contribution >= 0.6 is 23.2 Å². The molecule has 1 heterocycles. The molecular weight excluding hydrogens is 297 g/mol. The van der Waals surface area contributed by atoms with Gasteiger partial charge in [0.2, 0.25) is 0 Å². The van der Waals surface area contributed by atoms with Crippen molar-refractivity contribution in [3.63, 3.8) is 0 Å². The van der Waals surface area contributed by atoms with E-state index in [2.05, 4.69) is 24.2 Å². The third-order valence-corrected chi connectivity index (χ3v) is 3.83. The lowest BCUT2D eigenvalue weighted by Gasteiger charge is -2.16. The summed E-state index contributed by atoms with van der Waals surface area (Å²) in [5.74, 6) is 0.282. The second kappa shape index (κ2) is 6.57. The van der Waals surface area contributed by atoms with Gasteiger partial charge in [-0.2, -0.15) is 0 Å². The number of hydrogen-bond acceptors (Lipinski definition) is 3. The number of aliphatic hydroxyl groups is 1. The zero-order chi connectivity index (χ0) is 14.7. The summed E-state index contributed by atoms with van der Waals surface area (Å²) in [4.78, 5) is 0. The Labute approximate surface area is 128 Å². The Hall–Kier alpha value is -1.10. The van der Waals surface area contributed by atoms with Crippen LogP contribution in [0.15, 0.2) is 18.2 Å². The van der Waals surface area contributed by atoms with E-state index in [0.29, 0.717) is 15.7 Å². The molecule has 1 aromatic carbocycles. The van der Waals surface area contributed by atoms with Crippen LogP contribution in [-0.2, 0) is 6.61 Å². The summed E-state index contributed by atoms with van der Waals surface area (Å²) in [6.07, 6.45) is 1.90. The maximum absolute atomic E-state index is 9.46. The molecule has 108 valence electrons. The number of benzene rings is 1. The van der Waals surface area contributed by atoms with Gasteiger partial charge in [-0.05, 0) is 31.0 Å². The van der Waals surface area contributed by atoms with Gasteiger partial charge in [-0.3, -0.25) is 0 Å². The smallest absolute Gasteiger partial charge is 0.112 e. The molecule has 1 N–H and O–H groups in total. The highest BCUT2D eigenvalue weighted by molar-refractivity contribution is 6.34. The molecule has 2 rings (SSSR count). The highest BCUT2D eigenvalue weighted by Crippen LogP contribution is 2.29. The third-order valence-electron chi connectivity index (χ3n) is 3.39. The van der Waals surface area contributed by atoms with Crippen LogP contribution < -0.4 is 0 Å². The minimum absolute atomic E-state index is 0.125. The van der Waals surface area contributed by atoms with E-state index in [4.69, 9.17) is 23.2 Å². The van der Waals surface area contributed by atoms with Gasteiger partial charge in [-0.1, -0.05) is 42.3 Å². The predicted molar refractivity (Wildman–Crippen MR) is 80.6 cm³/mol. The SMILES string of the molecule is CCC(CC)c1c(CO)nnn1-c1cc(Cl)cc(Cl)c1. The van der Waals surface area contributed by atoms with Crippen molar-refractivity contribution in [1.82, 2.24) is 15.0 Å². The van der Waals surface area contributed by atoms with Crippen molar-refractivity contribution < 1.29 is 5.11 Å². The molecule has 0 radical (unpaired) electrons. The van der Waals surface area contributed by atoms with Gasteiger partial charge >= 0.3 is 0 Å². The van der Waals surface area contributed by atoms with Crippen molar-refractivity contribution in [2.75, 3.05) is 0 Å². The molecule has 2 aromatic rings. The fourth-order valence-corrected chi connectivity index (χ4v) is 2.88. The Bertz CT molecular complexity index is 574. The van der Waals surface area contributed by atoms with Crippen LogP contribution in [0.1, 0.15) is 44.0 Å². The van der Waals surface area contributed by atoms with Gasteiger partial charge in [0.25, 0.3) is 0 Å². The molecule has 0 fully saturated rings. The quantitative estimate of drug-likeness (QED) is 0.908. The number of nitrogens with zero attached hydrogens (tertiary/aromatic N) is 3. The number of halogens is 2. The topological polar surface area (TPSA) is 50.9 Å². The molecular formula is C14H17Cl2N3O. The van der Waals surface area contributed by atoms with Crippen LogP contribution in [0.25, 0.3) is 5.69 Å². The molecule has 0 aliphatic heterocycles. The minimum atomic E-state index is -0.125. The Balaban J connectivity index is 2.59. The van der Waals surface area contributed by atoms with Crippen molar-refractivity contribution in [2.24, 2.45) is 0 Å². The molecule has 0 unspecified atom stereocenters. The molecule has 0 aliphatic carbocycles. The van der Waals surface area contributed by atoms with E-state index in [0.717, 1.165) is 24.2 Å². The maximum atomic E-state index is 9.46. The van der Waals surface area contributed by atoms with E-state index in [9.17, 15) is 5.11 Å². The van der Waals surface area contributed by atoms with Gasteiger partial charge in [-0.25, -0.2) is 4.68 Å². The van der Waals surface area contributed by atoms with E-state index in [1.807, 2.05) is 0 Å². The fourth-order valence-electron chi connectivity index (χ4n) is 2.37. The Morgan fingerprint density at radius 3 is 2.25 bits per heavy atom. The Morgan fingerprint density at radius 2 is 1.75 bits per heavy atom. The number of aliphatic hydroxyl groups excluding tert-OH is 1. The number of aromatic nitrogens is 3. The molecule has 20 heavy (non-hydrogen) atoms. The van der Waals surface area contributed by atoms with Gasteiger partial charge in [0.05, 0.1) is 18.0 Å². The summed E-state index contributed by atoms with van der Waals surface area (Å²) in [7, 11) is 0. The Morgan fingerprint density at radius 1 is 1.15 bits per heavy atom. The zero-order valence-electron chi connectivity index (χ0n) is 11.5. The standard InChI is InChI=1S/C14H17Cl2N3O/c1-3-9(4-2)14-13(8-20)17-18-19(14)12-6-10(15)5-11(16)7-12/h5-7,9,20H,3-4,8H2,1-2H3. The van der Waals surface area contributed by atoms with E-state index in [1.54, 1.807) is 22.9 Å². The lowest BCUT2D eigenvalue weighted by Crippen LogP contribution is -2.09. The molecule has 6 heteroatoms. The normalized spacial score (nSPS) is 11.3. The first-order chi connectivity index (χ1) is 9.60. The molecule has 0 saturated heterocycles. The van der Waals surface area contributed by atoms with Crippen molar-refractivity contribution in [2.45, 2.75) is 39.2 Å². The van der Waals surface area contributed by atoms with Crippen molar-refractivity contribution in [1.29, 1.82) is 0 Å². The van der Waals surface area contributed by atoms with Crippen LogP contribution in [0.4, 0.5) is 0 Å². The average Bonchev–Trinajstić information content (AvgIpc) is 2.83. The van der Waals surface area contributed by atoms with Crippen molar-refractivity contribution in [3.05, 3.63) is 39.6 Å². The summed E-state index contributed by atoms with van der Waals surface area (Å²) in [6.45, 7) is 4.09. The summed E-state index contributed by atoms with van der Waals surface area (Å²) >= 11 is 12.1. The van der Waals surface area contributed by atoms with Crippen LogP contribution in [0.3, 0.4) is 0 Å². The predicted octanol–water partition coefficient (Wildman–Crippen LogP) is 3.97. The molecule has 0 bridgehead atoms. The number of hydrogen-bond donors (Lipinski definition) is 1. The first-order valence-corrected chi connectivity index (χ1v) is 7.38. The lowest BCUT2D eigenvalue weighted by atomic mass is 9.97. The molecule has 0 aliphatic rings. The maximum Gasteiger partial charge on any atom is 0.112 e. The monoisotopic (exact) mass is 313 g/mol. The first-order valence-electron chi connectivity index (χ1n) is 6.62. The molecule has 0 spiro atoms. The third kappa shape index (κ3) is 2.97. The lowest BCUT2D eigenvalue weighted by molar-refractivity contribution is 0.274. The molecule has 0 saturated carbocycles. The van der Waals surface area contributed by atoms with Crippen molar-refractivity contribution in [3.8, 4) is 5.69 Å². The number of rotatable bonds is 5. The largest absolute Gasteiger partial charge is 0.390 e. The first kappa shape index (κ1) is 15.3. The van der Waals surface area contributed by atoms with E-state index < -0.39 is 0 Å². The van der Waals surface area contributed by atoms with Crippen molar-refractivity contribution >= 4 is 23.2 Å². The van der Waals surface area contributed by atoms with Gasteiger partial charge in [0.1, 0.15) is 5.69 Å². The average molecular weight is 314 g/mol. The van der Waals surface area contributed by atoms with Gasteiger partial charge in [0, 0.05) is 16.0 Å². The molecule has 1 aromatic heterocycles. The molecule has 4 nitrogen and oxygen atoms in total. The van der Waals surface area contributed by atoms with E-state index in [-0.39, 0.29) is 12.5 Å². The fraction of sp³-hybridized carbons (Fsp3) is 0.429. The van der Waals surface area contributed by atoms with E-state index in [1.165, 1.54) is 0 Å². The van der Waals surface area contributed by atoms with Gasteiger partial charge < -0.3 is 5.11 Å². The molecule has 0 atom stereocenters. The zero-order valence-corrected chi connectivity index (χ0v) is 13.0. The summed E-state index contributed by atoms with van der Waals surface area (Å²) in [5.41, 5.74) is 2.29. The summed E-state index contributed by atoms with van der Waals surface area (Å²) in [5, 5.41) is 18.8. The Kier molecular flexibility index (Phi) is 5.02. The summed E-state index contributed by atoms with van der Waals surface area (Å²) < 4.78 is 1.72. The van der Waals surface area contributed by atoms with Gasteiger partial charge in [-0.15, -0.1) is 5.10 Å². The summed E-state index contributed by atoms with van der Waals surface area (Å²) in [6, 6.07) is 5.25. The second-order valence-electron chi connectivity index (χ2n) is 4.63.